The zero-order valence-corrected chi connectivity index (χ0v) is 12.4. The number of hydrogen-bond acceptors (Lipinski definition) is 5. The number of rotatable bonds is 5. The van der Waals surface area contributed by atoms with Crippen LogP contribution in [0.2, 0.25) is 0 Å². The van der Waals surface area contributed by atoms with Crippen molar-refractivity contribution < 1.29 is 19.1 Å². The molecule has 1 fully saturated rings. The molecule has 2 rings (SSSR count). The fourth-order valence-corrected chi connectivity index (χ4v) is 2.20. The van der Waals surface area contributed by atoms with Crippen molar-refractivity contribution in [2.45, 2.75) is 19.3 Å². The highest BCUT2D eigenvalue weighted by molar-refractivity contribution is 5.87. The molecule has 0 aliphatic carbocycles. The number of aromatic nitrogens is 1. The minimum atomic E-state index is -0.431. The minimum Gasteiger partial charge on any atom is -0.456 e. The molecule has 0 spiro atoms. The third kappa shape index (κ3) is 4.54. The van der Waals surface area contributed by atoms with Crippen LogP contribution in [0.5, 0.6) is 0 Å². The van der Waals surface area contributed by atoms with E-state index in [-0.39, 0.29) is 37.3 Å². The Morgan fingerprint density at radius 2 is 2.14 bits per heavy atom. The normalized spacial score (nSPS) is 15.9. The van der Waals surface area contributed by atoms with Crippen LogP contribution in [0, 0.1) is 0 Å². The molecule has 1 saturated heterocycles. The lowest BCUT2D eigenvalue weighted by Crippen LogP contribution is -2.51. The number of piperazine rings is 1. The highest BCUT2D eigenvalue weighted by atomic mass is 16.5. The van der Waals surface area contributed by atoms with E-state index >= 15 is 0 Å². The van der Waals surface area contributed by atoms with E-state index in [1.807, 2.05) is 19.1 Å². The van der Waals surface area contributed by atoms with Crippen LogP contribution in [-0.4, -0.2) is 53.9 Å². The van der Waals surface area contributed by atoms with E-state index in [2.05, 4.69) is 10.3 Å². The lowest BCUT2D eigenvalue weighted by molar-refractivity contribution is -0.153. The summed E-state index contributed by atoms with van der Waals surface area (Å²) in [5.74, 6) is -0.984. The second kappa shape index (κ2) is 7.53. The number of amides is 2. The molecule has 0 saturated carbocycles. The molecule has 0 unspecified atom stereocenters. The van der Waals surface area contributed by atoms with E-state index in [0.29, 0.717) is 13.1 Å². The molecule has 7 nitrogen and oxygen atoms in total. The van der Waals surface area contributed by atoms with Crippen molar-refractivity contribution in [3.05, 3.63) is 30.1 Å². The van der Waals surface area contributed by atoms with Gasteiger partial charge in [0.15, 0.2) is 6.61 Å². The van der Waals surface area contributed by atoms with Crippen LogP contribution in [0.3, 0.4) is 0 Å². The average Bonchev–Trinajstić information content (AvgIpc) is 2.53. The molecule has 118 valence electrons. The number of nitrogens with zero attached hydrogens (tertiary/aromatic N) is 2. The molecular weight excluding hydrogens is 286 g/mol. The van der Waals surface area contributed by atoms with E-state index in [0.717, 1.165) is 5.56 Å². The Morgan fingerprint density at radius 3 is 2.82 bits per heavy atom. The van der Waals surface area contributed by atoms with E-state index in [9.17, 15) is 14.4 Å². The highest BCUT2D eigenvalue weighted by Gasteiger charge is 2.22. The molecule has 1 aliphatic rings. The number of esters is 1. The van der Waals surface area contributed by atoms with Crippen LogP contribution < -0.4 is 5.32 Å². The minimum absolute atomic E-state index is 0.00799. The summed E-state index contributed by atoms with van der Waals surface area (Å²) in [6.45, 7) is 2.47. The van der Waals surface area contributed by atoms with Gasteiger partial charge in [-0.2, -0.15) is 0 Å². The molecule has 7 heteroatoms. The molecule has 2 amide bonds. The zero-order valence-electron chi connectivity index (χ0n) is 12.4. The van der Waals surface area contributed by atoms with E-state index in [1.54, 1.807) is 12.4 Å². The lowest BCUT2D eigenvalue weighted by Gasteiger charge is -2.26. The molecule has 1 atom stereocenters. The molecule has 1 aromatic heterocycles. The Kier molecular flexibility index (Phi) is 5.46. The lowest BCUT2D eigenvalue weighted by atomic mass is 9.99. The molecule has 1 N–H and O–H groups in total. The molecule has 22 heavy (non-hydrogen) atoms. The van der Waals surface area contributed by atoms with Crippen LogP contribution >= 0.6 is 0 Å². The fraction of sp³-hybridized carbons (Fsp3) is 0.467. The molecule has 1 aromatic rings. The Morgan fingerprint density at radius 1 is 1.41 bits per heavy atom. The third-order valence-electron chi connectivity index (χ3n) is 3.50. The second-order valence-corrected chi connectivity index (χ2v) is 5.21. The van der Waals surface area contributed by atoms with Crippen LogP contribution in [-0.2, 0) is 19.1 Å². The van der Waals surface area contributed by atoms with Gasteiger partial charge in [0.05, 0.1) is 13.0 Å². The van der Waals surface area contributed by atoms with Gasteiger partial charge in [0.2, 0.25) is 5.91 Å². The van der Waals surface area contributed by atoms with Gasteiger partial charge in [0.1, 0.15) is 0 Å². The Labute approximate surface area is 128 Å². The van der Waals surface area contributed by atoms with E-state index < -0.39 is 5.97 Å². The van der Waals surface area contributed by atoms with Gasteiger partial charge in [-0.3, -0.25) is 19.4 Å². The van der Waals surface area contributed by atoms with E-state index in [1.165, 1.54) is 4.90 Å². The summed E-state index contributed by atoms with van der Waals surface area (Å²) >= 11 is 0. The van der Waals surface area contributed by atoms with Gasteiger partial charge in [-0.1, -0.05) is 6.92 Å². The summed E-state index contributed by atoms with van der Waals surface area (Å²) in [5.41, 5.74) is 0.992. The van der Waals surface area contributed by atoms with Crippen molar-refractivity contribution in [3.63, 3.8) is 0 Å². The van der Waals surface area contributed by atoms with Crippen molar-refractivity contribution in [1.82, 2.24) is 15.2 Å². The van der Waals surface area contributed by atoms with Gasteiger partial charge < -0.3 is 15.0 Å². The van der Waals surface area contributed by atoms with Crippen LogP contribution in [0.1, 0.15) is 24.8 Å². The summed E-state index contributed by atoms with van der Waals surface area (Å²) < 4.78 is 5.01. The van der Waals surface area contributed by atoms with E-state index in [4.69, 9.17) is 4.74 Å². The first-order chi connectivity index (χ1) is 10.6. The van der Waals surface area contributed by atoms with Crippen molar-refractivity contribution in [2.24, 2.45) is 0 Å². The van der Waals surface area contributed by atoms with Crippen LogP contribution in [0.25, 0.3) is 0 Å². The number of nitrogens with one attached hydrogen (secondary N) is 1. The van der Waals surface area contributed by atoms with Gasteiger partial charge in [-0.05, 0) is 23.6 Å². The smallest absolute Gasteiger partial charge is 0.306 e. The first-order valence-corrected chi connectivity index (χ1v) is 7.16. The molecule has 2 heterocycles. The predicted octanol–water partition coefficient (Wildman–Crippen LogP) is 0.0768. The molecule has 0 bridgehead atoms. The molecule has 0 aromatic carbocycles. The number of ether oxygens (including phenoxy) is 1. The standard InChI is InChI=1S/C15H19N3O4/c1-11(12-2-4-16-5-3-12)8-15(21)22-10-14(20)18-7-6-17-13(19)9-18/h2-5,11H,6-10H2,1H3,(H,17,19)/t11-/m1/s1. The third-order valence-corrected chi connectivity index (χ3v) is 3.50. The summed E-state index contributed by atoms with van der Waals surface area (Å²) in [6, 6.07) is 3.69. The maximum absolute atomic E-state index is 11.9. The molecule has 0 radical (unpaired) electrons. The number of carbonyl (C=O) groups is 3. The largest absolute Gasteiger partial charge is 0.456 e. The zero-order chi connectivity index (χ0) is 15.9. The first-order valence-electron chi connectivity index (χ1n) is 7.16. The topological polar surface area (TPSA) is 88.6 Å². The summed E-state index contributed by atoms with van der Waals surface area (Å²) in [7, 11) is 0. The predicted molar refractivity (Wildman–Crippen MR) is 77.8 cm³/mol. The van der Waals surface area contributed by atoms with Crippen LogP contribution in [0.15, 0.2) is 24.5 Å². The average molecular weight is 305 g/mol. The Hall–Kier alpha value is -2.44. The summed E-state index contributed by atoms with van der Waals surface area (Å²) in [5, 5.41) is 2.63. The molecular formula is C15H19N3O4. The number of carbonyl (C=O) groups excluding carboxylic acids is 3. The molecule has 1 aliphatic heterocycles. The van der Waals surface area contributed by atoms with Crippen molar-refractivity contribution in [1.29, 1.82) is 0 Å². The number of hydrogen-bond donors (Lipinski definition) is 1. The van der Waals surface area contributed by atoms with Crippen molar-refractivity contribution >= 4 is 17.8 Å². The summed E-state index contributed by atoms with van der Waals surface area (Å²) in [4.78, 5) is 40.2. The monoisotopic (exact) mass is 305 g/mol. The Bertz CT molecular complexity index is 547. The second-order valence-electron chi connectivity index (χ2n) is 5.21. The highest BCUT2D eigenvalue weighted by Crippen LogP contribution is 2.18. The van der Waals surface area contributed by atoms with Crippen molar-refractivity contribution in [2.75, 3.05) is 26.2 Å². The SMILES string of the molecule is C[C@H](CC(=O)OCC(=O)N1CCNC(=O)C1)c1ccncc1. The number of pyridine rings is 1. The van der Waals surface area contributed by atoms with Gasteiger partial charge in [-0.25, -0.2) is 0 Å². The van der Waals surface area contributed by atoms with Crippen molar-refractivity contribution in [3.8, 4) is 0 Å². The van der Waals surface area contributed by atoms with Crippen LogP contribution in [0.4, 0.5) is 0 Å². The maximum atomic E-state index is 11.9. The Balaban J connectivity index is 1.75. The van der Waals surface area contributed by atoms with Gasteiger partial charge in [-0.15, -0.1) is 0 Å². The fourth-order valence-electron chi connectivity index (χ4n) is 2.20. The quantitative estimate of drug-likeness (QED) is 0.778. The first kappa shape index (κ1) is 15.9. The maximum Gasteiger partial charge on any atom is 0.306 e. The van der Waals surface area contributed by atoms with Gasteiger partial charge in [0, 0.05) is 25.5 Å². The van der Waals surface area contributed by atoms with Gasteiger partial charge >= 0.3 is 5.97 Å². The van der Waals surface area contributed by atoms with Gasteiger partial charge in [0.25, 0.3) is 5.91 Å². The summed E-state index contributed by atoms with van der Waals surface area (Å²) in [6.07, 6.45) is 3.53.